The van der Waals surface area contributed by atoms with E-state index in [1.807, 2.05) is 32.0 Å². The van der Waals surface area contributed by atoms with E-state index in [-0.39, 0.29) is 11.9 Å². The predicted molar refractivity (Wildman–Crippen MR) is 89.6 cm³/mol. The van der Waals surface area contributed by atoms with Crippen molar-refractivity contribution < 1.29 is 4.79 Å². The zero-order valence-corrected chi connectivity index (χ0v) is 13.4. The highest BCUT2D eigenvalue weighted by Gasteiger charge is 2.38. The molecule has 0 bridgehead atoms. The van der Waals surface area contributed by atoms with Gasteiger partial charge in [-0.25, -0.2) is 4.98 Å². The van der Waals surface area contributed by atoms with E-state index in [4.69, 9.17) is 11.5 Å². The Hall–Kier alpha value is -2.28. The fourth-order valence-electron chi connectivity index (χ4n) is 2.50. The van der Waals surface area contributed by atoms with E-state index in [2.05, 4.69) is 9.97 Å². The van der Waals surface area contributed by atoms with Crippen LogP contribution in [-0.4, -0.2) is 27.7 Å². The van der Waals surface area contributed by atoms with Gasteiger partial charge in [0.2, 0.25) is 11.9 Å². The summed E-state index contributed by atoms with van der Waals surface area (Å²) in [6.07, 6.45) is 1.60. The lowest BCUT2D eigenvalue weighted by molar-refractivity contribution is -0.120. The van der Waals surface area contributed by atoms with Crippen LogP contribution in [0, 0.1) is 0 Å². The van der Waals surface area contributed by atoms with Crippen molar-refractivity contribution in [1.82, 2.24) is 9.97 Å². The minimum Gasteiger partial charge on any atom is -0.383 e. The summed E-state index contributed by atoms with van der Waals surface area (Å²) < 4.78 is -0.466. The third-order valence-electron chi connectivity index (χ3n) is 3.65. The quantitative estimate of drug-likeness (QED) is 0.836. The number of thioether (sulfide) groups is 1. The van der Waals surface area contributed by atoms with Crippen LogP contribution in [0.2, 0.25) is 0 Å². The van der Waals surface area contributed by atoms with Gasteiger partial charge in [-0.2, -0.15) is 4.98 Å². The molecule has 114 valence electrons. The number of hydrogen-bond acceptors (Lipinski definition) is 6. The monoisotopic (exact) mass is 315 g/mol. The van der Waals surface area contributed by atoms with Crippen LogP contribution in [0.15, 0.2) is 29.3 Å². The second-order valence-electron chi connectivity index (χ2n) is 5.69. The van der Waals surface area contributed by atoms with Gasteiger partial charge in [-0.05, 0) is 31.5 Å². The Morgan fingerprint density at radius 3 is 2.68 bits per heavy atom. The molecule has 2 heterocycles. The van der Waals surface area contributed by atoms with Crippen LogP contribution < -0.4 is 16.4 Å². The number of nitrogens with two attached hydrogens (primary N) is 2. The molecule has 0 aliphatic carbocycles. The molecular weight excluding hydrogens is 298 g/mol. The van der Waals surface area contributed by atoms with Crippen LogP contribution in [0.5, 0.6) is 0 Å². The normalized spacial score (nSPS) is 16.5. The molecule has 2 aromatic rings. The summed E-state index contributed by atoms with van der Waals surface area (Å²) in [6, 6.07) is 5.88. The van der Waals surface area contributed by atoms with E-state index in [1.54, 1.807) is 29.9 Å². The van der Waals surface area contributed by atoms with E-state index in [9.17, 15) is 4.79 Å². The highest BCUT2D eigenvalue weighted by atomic mass is 32.2. The Balaban J connectivity index is 2.10. The van der Waals surface area contributed by atoms with E-state index in [0.717, 1.165) is 16.1 Å². The fraction of sp³-hybridized carbons (Fsp3) is 0.267. The standard InChI is InChI=1S/C15H17N5OS/c1-15(2)13(21)20(3)10-6-8(4-5-11(10)22-15)9-7-18-14(17)19-12(9)16/h4-7H,1-3H3,(H4,16,17,18,19). The summed E-state index contributed by atoms with van der Waals surface area (Å²) in [5.41, 5.74) is 13.9. The van der Waals surface area contributed by atoms with Crippen molar-refractivity contribution in [3.05, 3.63) is 24.4 Å². The molecule has 0 unspecified atom stereocenters. The second-order valence-corrected chi connectivity index (χ2v) is 7.35. The van der Waals surface area contributed by atoms with Crippen molar-refractivity contribution in [2.45, 2.75) is 23.5 Å². The third-order valence-corrected chi connectivity index (χ3v) is 4.90. The molecule has 1 aromatic heterocycles. The Kier molecular flexibility index (Phi) is 3.25. The molecule has 0 saturated heterocycles. The summed E-state index contributed by atoms with van der Waals surface area (Å²) in [6.45, 7) is 3.86. The molecule has 6 nitrogen and oxygen atoms in total. The first-order valence-electron chi connectivity index (χ1n) is 6.79. The minimum atomic E-state index is -0.466. The number of hydrogen-bond donors (Lipinski definition) is 2. The number of carbonyl (C=O) groups excluding carboxylic acids is 1. The van der Waals surface area contributed by atoms with E-state index < -0.39 is 4.75 Å². The Bertz CT molecular complexity index is 775. The number of carbonyl (C=O) groups is 1. The van der Waals surface area contributed by atoms with Crippen molar-refractivity contribution in [3.8, 4) is 11.1 Å². The lowest BCUT2D eigenvalue weighted by atomic mass is 10.1. The van der Waals surface area contributed by atoms with Gasteiger partial charge in [0.05, 0.1) is 10.4 Å². The molecule has 0 fully saturated rings. The van der Waals surface area contributed by atoms with E-state index >= 15 is 0 Å². The van der Waals surface area contributed by atoms with E-state index in [0.29, 0.717) is 11.4 Å². The molecule has 4 N–H and O–H groups in total. The number of fused-ring (bicyclic) bond motifs is 1. The number of amides is 1. The van der Waals surface area contributed by atoms with Crippen LogP contribution >= 0.6 is 11.8 Å². The molecular formula is C15H17N5OS. The first-order valence-corrected chi connectivity index (χ1v) is 7.61. The summed E-state index contributed by atoms with van der Waals surface area (Å²) in [5.74, 6) is 0.540. The smallest absolute Gasteiger partial charge is 0.242 e. The molecule has 3 rings (SSSR count). The highest BCUT2D eigenvalue weighted by Crippen LogP contribution is 2.45. The largest absolute Gasteiger partial charge is 0.383 e. The fourth-order valence-corrected chi connectivity index (χ4v) is 3.71. The summed E-state index contributed by atoms with van der Waals surface area (Å²) >= 11 is 1.56. The second kappa shape index (κ2) is 4.88. The van der Waals surface area contributed by atoms with Crippen molar-refractivity contribution >= 4 is 35.1 Å². The number of rotatable bonds is 1. The van der Waals surface area contributed by atoms with Gasteiger partial charge in [-0.15, -0.1) is 11.8 Å². The molecule has 1 aliphatic rings. The molecule has 1 aliphatic heterocycles. The van der Waals surface area contributed by atoms with Gasteiger partial charge in [-0.1, -0.05) is 6.07 Å². The molecule has 1 amide bonds. The van der Waals surface area contributed by atoms with Crippen LogP contribution in [0.3, 0.4) is 0 Å². The van der Waals surface area contributed by atoms with Gasteiger partial charge in [0.25, 0.3) is 0 Å². The Morgan fingerprint density at radius 1 is 1.27 bits per heavy atom. The van der Waals surface area contributed by atoms with Gasteiger partial charge >= 0.3 is 0 Å². The van der Waals surface area contributed by atoms with Crippen LogP contribution in [0.4, 0.5) is 17.5 Å². The maximum absolute atomic E-state index is 12.4. The van der Waals surface area contributed by atoms with Crippen molar-refractivity contribution in [1.29, 1.82) is 0 Å². The number of aromatic nitrogens is 2. The van der Waals surface area contributed by atoms with Crippen molar-refractivity contribution in [2.24, 2.45) is 0 Å². The highest BCUT2D eigenvalue weighted by molar-refractivity contribution is 8.01. The van der Waals surface area contributed by atoms with Gasteiger partial charge in [0.1, 0.15) is 5.82 Å². The molecule has 7 heteroatoms. The lowest BCUT2D eigenvalue weighted by Crippen LogP contribution is -2.44. The molecule has 0 radical (unpaired) electrons. The van der Waals surface area contributed by atoms with Crippen molar-refractivity contribution in [3.63, 3.8) is 0 Å². The van der Waals surface area contributed by atoms with Crippen molar-refractivity contribution in [2.75, 3.05) is 23.4 Å². The average Bonchev–Trinajstić information content (AvgIpc) is 2.45. The first-order chi connectivity index (χ1) is 10.3. The maximum atomic E-state index is 12.4. The number of benzene rings is 1. The van der Waals surface area contributed by atoms with Gasteiger partial charge in [-0.3, -0.25) is 4.79 Å². The Labute approximate surface area is 132 Å². The molecule has 1 aromatic carbocycles. The third kappa shape index (κ3) is 2.27. The van der Waals surface area contributed by atoms with Crippen LogP contribution in [0.25, 0.3) is 11.1 Å². The molecule has 22 heavy (non-hydrogen) atoms. The van der Waals surface area contributed by atoms with Gasteiger partial charge in [0.15, 0.2) is 0 Å². The summed E-state index contributed by atoms with van der Waals surface area (Å²) in [5, 5.41) is 0. The topological polar surface area (TPSA) is 98.1 Å². The zero-order valence-electron chi connectivity index (χ0n) is 12.6. The zero-order chi connectivity index (χ0) is 16.1. The summed E-state index contributed by atoms with van der Waals surface area (Å²) in [7, 11) is 1.79. The minimum absolute atomic E-state index is 0.0729. The molecule has 0 atom stereocenters. The Morgan fingerprint density at radius 2 is 2.00 bits per heavy atom. The van der Waals surface area contributed by atoms with Gasteiger partial charge < -0.3 is 16.4 Å². The summed E-state index contributed by atoms with van der Waals surface area (Å²) in [4.78, 5) is 23.1. The first kappa shape index (κ1) is 14.6. The number of nitrogen functional groups attached to an aromatic ring is 2. The van der Waals surface area contributed by atoms with Crippen LogP contribution in [-0.2, 0) is 4.79 Å². The SMILES string of the molecule is CN1C(=O)C(C)(C)Sc2ccc(-c3cnc(N)nc3N)cc21. The molecule has 0 spiro atoms. The van der Waals surface area contributed by atoms with Crippen LogP contribution in [0.1, 0.15) is 13.8 Å². The lowest BCUT2D eigenvalue weighted by Gasteiger charge is -2.36. The maximum Gasteiger partial charge on any atom is 0.242 e. The predicted octanol–water partition coefficient (Wildman–Crippen LogP) is 2.16. The number of anilines is 3. The molecule has 0 saturated carbocycles. The van der Waals surface area contributed by atoms with Gasteiger partial charge in [0, 0.05) is 23.7 Å². The van der Waals surface area contributed by atoms with E-state index in [1.165, 1.54) is 0 Å². The number of nitrogens with zero attached hydrogens (tertiary/aromatic N) is 3. The average molecular weight is 315 g/mol.